The molecule has 0 fully saturated rings. The maximum Gasteiger partial charge on any atom is 0.254 e. The lowest BCUT2D eigenvalue weighted by Crippen LogP contribution is -2.32. The lowest BCUT2D eigenvalue weighted by Gasteiger charge is -2.22. The molecule has 0 N–H and O–H groups in total. The van der Waals surface area contributed by atoms with E-state index in [4.69, 9.17) is 0 Å². The summed E-state index contributed by atoms with van der Waals surface area (Å²) in [6, 6.07) is 5.77. The highest BCUT2D eigenvalue weighted by Crippen LogP contribution is 2.25. The van der Waals surface area contributed by atoms with Crippen LogP contribution in [0.5, 0.6) is 0 Å². The molecule has 0 aliphatic carbocycles. The minimum absolute atomic E-state index is 0.0691. The van der Waals surface area contributed by atoms with E-state index in [0.717, 1.165) is 52.8 Å². The monoisotopic (exact) mass is 518 g/mol. The van der Waals surface area contributed by atoms with E-state index in [0.29, 0.717) is 24.2 Å². The van der Waals surface area contributed by atoms with Crippen molar-refractivity contribution in [2.24, 2.45) is 0 Å². The fourth-order valence-electron chi connectivity index (χ4n) is 4.70. The van der Waals surface area contributed by atoms with Crippen molar-refractivity contribution in [3.8, 4) is 0 Å². The summed E-state index contributed by atoms with van der Waals surface area (Å²) in [5, 5.41) is 0. The second-order valence-electron chi connectivity index (χ2n) is 9.24. The van der Waals surface area contributed by atoms with Gasteiger partial charge in [0.15, 0.2) is 6.29 Å². The van der Waals surface area contributed by atoms with Gasteiger partial charge in [-0.15, -0.1) is 0 Å². The first-order valence-electron chi connectivity index (χ1n) is 13.6. The van der Waals surface area contributed by atoms with Gasteiger partial charge in [-0.05, 0) is 115 Å². The van der Waals surface area contributed by atoms with E-state index in [2.05, 4.69) is 13.0 Å². The van der Waals surface area contributed by atoms with Gasteiger partial charge in [-0.3, -0.25) is 14.4 Å². The Balaban J connectivity index is 0.000000382. The topological polar surface area (TPSA) is 57.7 Å². The molecule has 0 bridgehead atoms. The molecular weight excluding hydrogens is 472 g/mol. The maximum absolute atomic E-state index is 12.6. The number of aryl methyl sites for hydroxylation is 2. The average Bonchev–Trinajstić information content (AvgIpc) is 2.90. The summed E-state index contributed by atoms with van der Waals surface area (Å²) in [7, 11) is 0. The van der Waals surface area contributed by atoms with Crippen molar-refractivity contribution < 1.29 is 14.4 Å². The zero-order chi connectivity index (χ0) is 29.0. The second kappa shape index (κ2) is 15.7. The molecule has 2 amide bonds. The molecule has 2 rings (SSSR count). The van der Waals surface area contributed by atoms with E-state index in [1.54, 1.807) is 11.0 Å². The smallest absolute Gasteiger partial charge is 0.254 e. The highest BCUT2D eigenvalue weighted by atomic mass is 16.2. The second-order valence-corrected chi connectivity index (χ2v) is 9.24. The summed E-state index contributed by atoms with van der Waals surface area (Å²) in [6.45, 7) is 22.6. The van der Waals surface area contributed by atoms with Crippen molar-refractivity contribution in [2.75, 3.05) is 26.2 Å². The minimum atomic E-state index is -0.0691. The Morgan fingerprint density at radius 2 is 1.18 bits per heavy atom. The van der Waals surface area contributed by atoms with Crippen molar-refractivity contribution >= 4 is 30.3 Å². The van der Waals surface area contributed by atoms with E-state index in [9.17, 15) is 14.4 Å². The van der Waals surface area contributed by atoms with Gasteiger partial charge in [0.25, 0.3) is 11.8 Å². The van der Waals surface area contributed by atoms with Crippen LogP contribution in [-0.4, -0.2) is 54.1 Å². The van der Waals surface area contributed by atoms with Crippen LogP contribution in [0.2, 0.25) is 0 Å². The van der Waals surface area contributed by atoms with Crippen LogP contribution in [0.15, 0.2) is 30.4 Å². The molecule has 2 aromatic carbocycles. The van der Waals surface area contributed by atoms with Gasteiger partial charge in [-0.1, -0.05) is 30.4 Å². The van der Waals surface area contributed by atoms with Gasteiger partial charge in [0.1, 0.15) is 0 Å². The molecule has 0 heterocycles. The quantitative estimate of drug-likeness (QED) is 0.324. The summed E-state index contributed by atoms with van der Waals surface area (Å²) in [5.74, 6) is 0.0589. The van der Waals surface area contributed by atoms with Crippen molar-refractivity contribution in [3.63, 3.8) is 0 Å². The number of allylic oxidation sites excluding steroid dienone is 2. The molecule has 2 aromatic rings. The first kappa shape index (κ1) is 32.6. The van der Waals surface area contributed by atoms with Crippen molar-refractivity contribution in [1.82, 2.24) is 9.80 Å². The zero-order valence-electron chi connectivity index (χ0n) is 25.1. The highest BCUT2D eigenvalue weighted by molar-refractivity contribution is 6.03. The Morgan fingerprint density at radius 3 is 1.63 bits per heavy atom. The number of carbonyl (C=O) groups is 3. The first-order valence-corrected chi connectivity index (χ1v) is 13.6. The summed E-state index contributed by atoms with van der Waals surface area (Å²) >= 11 is 0. The molecule has 0 aliphatic rings. The van der Waals surface area contributed by atoms with Crippen LogP contribution in [0.1, 0.15) is 106 Å². The molecule has 0 spiro atoms. The Hall–Kier alpha value is -3.47. The number of hydrogen-bond donors (Lipinski definition) is 0. The number of amides is 2. The molecule has 5 heteroatoms. The van der Waals surface area contributed by atoms with Crippen LogP contribution >= 0.6 is 0 Å². The van der Waals surface area contributed by atoms with Gasteiger partial charge in [0, 0.05) is 37.3 Å². The summed E-state index contributed by atoms with van der Waals surface area (Å²) < 4.78 is 0. The number of hydrogen-bond acceptors (Lipinski definition) is 3. The van der Waals surface area contributed by atoms with E-state index in [1.807, 2.05) is 97.6 Å². The Kier molecular flexibility index (Phi) is 13.5. The summed E-state index contributed by atoms with van der Waals surface area (Å²) in [5.41, 5.74) is 8.18. The van der Waals surface area contributed by atoms with Crippen LogP contribution in [0.4, 0.5) is 0 Å². The molecule has 38 heavy (non-hydrogen) atoms. The third-order valence-corrected chi connectivity index (χ3v) is 6.94. The van der Waals surface area contributed by atoms with E-state index in [1.165, 1.54) is 5.56 Å². The number of rotatable bonds is 9. The molecule has 206 valence electrons. The van der Waals surface area contributed by atoms with Crippen LogP contribution < -0.4 is 0 Å². The van der Waals surface area contributed by atoms with Gasteiger partial charge in [0.05, 0.1) is 5.56 Å². The van der Waals surface area contributed by atoms with Crippen molar-refractivity contribution in [1.29, 1.82) is 0 Å². The Morgan fingerprint density at radius 1 is 0.711 bits per heavy atom. The third-order valence-electron chi connectivity index (χ3n) is 6.94. The Labute approximate surface area is 230 Å². The minimum Gasteiger partial charge on any atom is -0.339 e. The molecule has 0 radical (unpaired) electrons. The van der Waals surface area contributed by atoms with Gasteiger partial charge in [-0.25, -0.2) is 0 Å². The van der Waals surface area contributed by atoms with Gasteiger partial charge in [0.2, 0.25) is 0 Å². The maximum atomic E-state index is 12.6. The van der Waals surface area contributed by atoms with Gasteiger partial charge >= 0.3 is 0 Å². The number of benzene rings is 2. The molecule has 0 atom stereocenters. The lowest BCUT2D eigenvalue weighted by atomic mass is 9.92. The van der Waals surface area contributed by atoms with Crippen LogP contribution in [0, 0.1) is 27.7 Å². The Bertz CT molecular complexity index is 1180. The SMILES string of the molecule is C/C=C/c1c(C)cc(C=O)c(C(=O)N(CC)CC)c1C.C/C=C/c1c(C)ccc(C(=O)N(CC)CC)c1C. The molecule has 0 aromatic heterocycles. The van der Waals surface area contributed by atoms with E-state index >= 15 is 0 Å². The first-order chi connectivity index (χ1) is 18.1. The zero-order valence-corrected chi connectivity index (χ0v) is 25.1. The largest absolute Gasteiger partial charge is 0.339 e. The number of carbonyl (C=O) groups excluding carboxylic acids is 3. The van der Waals surface area contributed by atoms with Crippen molar-refractivity contribution in [2.45, 2.75) is 69.2 Å². The molecule has 0 unspecified atom stereocenters. The average molecular weight is 519 g/mol. The third kappa shape index (κ3) is 7.53. The van der Waals surface area contributed by atoms with Crippen LogP contribution in [0.3, 0.4) is 0 Å². The van der Waals surface area contributed by atoms with Gasteiger partial charge in [-0.2, -0.15) is 0 Å². The van der Waals surface area contributed by atoms with Crippen LogP contribution in [0.25, 0.3) is 12.2 Å². The molecule has 5 nitrogen and oxygen atoms in total. The highest BCUT2D eigenvalue weighted by Gasteiger charge is 2.21. The normalized spacial score (nSPS) is 10.9. The fraction of sp³-hybridized carbons (Fsp3) is 0.424. The van der Waals surface area contributed by atoms with E-state index in [-0.39, 0.29) is 11.8 Å². The molecule has 0 aliphatic heterocycles. The molecule has 0 saturated heterocycles. The standard InChI is InChI=1S/C17H23NO2.C16H23NO/c1-6-9-15-12(4)10-14(11-19)16(13(15)5)17(20)18(7-2)8-3;1-6-9-14-12(4)10-11-15(13(14)5)16(18)17(7-2)8-3/h6,9-11H,7-8H2,1-5H3;6,9-11H,7-8H2,1-5H3/b2*9-6+. The van der Waals surface area contributed by atoms with Gasteiger partial charge < -0.3 is 9.80 Å². The predicted molar refractivity (Wildman–Crippen MR) is 161 cm³/mol. The van der Waals surface area contributed by atoms with Crippen molar-refractivity contribution in [3.05, 3.63) is 80.4 Å². The summed E-state index contributed by atoms with van der Waals surface area (Å²) in [6.07, 6.45) is 8.79. The predicted octanol–water partition coefficient (Wildman–Crippen LogP) is 7.45. The molecule has 0 saturated carbocycles. The van der Waals surface area contributed by atoms with Crippen LogP contribution in [-0.2, 0) is 0 Å². The number of aldehydes is 1. The summed E-state index contributed by atoms with van der Waals surface area (Å²) in [4.78, 5) is 39.9. The fourth-order valence-corrected chi connectivity index (χ4v) is 4.70. The lowest BCUT2D eigenvalue weighted by molar-refractivity contribution is 0.0763. The number of nitrogens with zero attached hydrogens (tertiary/aromatic N) is 2. The van der Waals surface area contributed by atoms with E-state index < -0.39 is 0 Å². The molecular formula is C33H46N2O3.